The number of carboxylic acids is 1. The molecule has 0 amide bonds. The number of nitrogens with zero attached hydrogens (tertiary/aromatic N) is 2. The molecule has 0 atom stereocenters. The number of aromatic nitrogens is 2. The van der Waals surface area contributed by atoms with Crippen molar-refractivity contribution in [3.63, 3.8) is 0 Å². The fraction of sp³-hybridized carbons (Fsp3) is 0.333. The molecule has 18 heavy (non-hydrogen) atoms. The minimum absolute atomic E-state index is 0.407. The highest BCUT2D eigenvalue weighted by Crippen LogP contribution is 2.29. The van der Waals surface area contributed by atoms with Crippen LogP contribution in [0, 0.1) is 13.8 Å². The fourth-order valence-electron chi connectivity index (χ4n) is 1.64. The molecule has 0 bridgehead atoms. The monoisotopic (exact) mass is 282 g/mol. The number of aryl methyl sites for hydroxylation is 3. The van der Waals surface area contributed by atoms with E-state index in [-0.39, 0.29) is 0 Å². The van der Waals surface area contributed by atoms with Crippen molar-refractivity contribution in [3.8, 4) is 0 Å². The molecule has 0 unspecified atom stereocenters. The van der Waals surface area contributed by atoms with Crippen LogP contribution in [-0.2, 0) is 12.8 Å². The van der Waals surface area contributed by atoms with E-state index in [1.807, 2.05) is 31.6 Å². The summed E-state index contributed by atoms with van der Waals surface area (Å²) < 4.78 is 1.85. The maximum atomic E-state index is 10.9. The van der Waals surface area contributed by atoms with Crippen molar-refractivity contribution in [3.05, 3.63) is 33.1 Å². The second-order valence-corrected chi connectivity index (χ2v) is 6.29. The van der Waals surface area contributed by atoms with Gasteiger partial charge in [0.25, 0.3) is 0 Å². The SMILES string of the molecule is Cc1cc(SCc2cc(C(=O)O)sc2C)n(C)n1. The highest BCUT2D eigenvalue weighted by Gasteiger charge is 2.12. The number of thioether (sulfide) groups is 1. The first-order valence-electron chi connectivity index (χ1n) is 5.43. The quantitative estimate of drug-likeness (QED) is 0.876. The van der Waals surface area contributed by atoms with E-state index in [4.69, 9.17) is 5.11 Å². The van der Waals surface area contributed by atoms with Crippen LogP contribution in [0.2, 0.25) is 0 Å². The summed E-state index contributed by atoms with van der Waals surface area (Å²) in [7, 11) is 1.92. The largest absolute Gasteiger partial charge is 0.477 e. The number of thiophene rings is 1. The van der Waals surface area contributed by atoms with E-state index in [0.29, 0.717) is 4.88 Å². The summed E-state index contributed by atoms with van der Waals surface area (Å²) in [6.07, 6.45) is 0. The van der Waals surface area contributed by atoms with E-state index in [9.17, 15) is 4.79 Å². The van der Waals surface area contributed by atoms with Gasteiger partial charge in [-0.25, -0.2) is 4.79 Å². The maximum Gasteiger partial charge on any atom is 0.345 e. The van der Waals surface area contributed by atoms with Crippen molar-refractivity contribution in [2.75, 3.05) is 0 Å². The molecule has 96 valence electrons. The summed E-state index contributed by atoms with van der Waals surface area (Å²) in [5.74, 6) is -0.0788. The molecule has 0 spiro atoms. The summed E-state index contributed by atoms with van der Waals surface area (Å²) in [6.45, 7) is 3.92. The zero-order valence-electron chi connectivity index (χ0n) is 10.4. The molecule has 1 N–H and O–H groups in total. The molecular formula is C12H14N2O2S2. The van der Waals surface area contributed by atoms with E-state index in [1.165, 1.54) is 11.3 Å². The zero-order chi connectivity index (χ0) is 13.3. The Kier molecular flexibility index (Phi) is 3.77. The number of carboxylic acid groups (broad SMARTS) is 1. The Labute approximate surface area is 114 Å². The van der Waals surface area contributed by atoms with Gasteiger partial charge < -0.3 is 5.11 Å². The Morgan fingerprint density at radius 3 is 2.72 bits per heavy atom. The Balaban J connectivity index is 2.10. The van der Waals surface area contributed by atoms with Crippen LogP contribution in [0.5, 0.6) is 0 Å². The molecule has 0 fully saturated rings. The summed E-state index contributed by atoms with van der Waals surface area (Å²) >= 11 is 3.01. The van der Waals surface area contributed by atoms with Crippen molar-refractivity contribution >= 4 is 29.1 Å². The fourth-order valence-corrected chi connectivity index (χ4v) is 3.70. The van der Waals surface area contributed by atoms with Crippen LogP contribution >= 0.6 is 23.1 Å². The Hall–Kier alpha value is -1.27. The number of rotatable bonds is 4. The first-order valence-corrected chi connectivity index (χ1v) is 7.23. The second kappa shape index (κ2) is 5.16. The van der Waals surface area contributed by atoms with Gasteiger partial charge in [0.2, 0.25) is 0 Å². The highest BCUT2D eigenvalue weighted by atomic mass is 32.2. The van der Waals surface area contributed by atoms with Crippen molar-refractivity contribution in [2.24, 2.45) is 7.05 Å². The van der Waals surface area contributed by atoms with E-state index in [2.05, 4.69) is 5.10 Å². The molecular weight excluding hydrogens is 268 g/mol. The van der Waals surface area contributed by atoms with Crippen LogP contribution in [0.25, 0.3) is 0 Å². The minimum atomic E-state index is -0.851. The molecule has 0 aliphatic heterocycles. The molecule has 0 aromatic carbocycles. The molecule has 2 aromatic heterocycles. The third kappa shape index (κ3) is 2.76. The first kappa shape index (κ1) is 13.2. The number of carbonyl (C=O) groups is 1. The average Bonchev–Trinajstić information content (AvgIpc) is 2.79. The van der Waals surface area contributed by atoms with Gasteiger partial charge in [-0.15, -0.1) is 23.1 Å². The van der Waals surface area contributed by atoms with Crippen LogP contribution in [0.4, 0.5) is 0 Å². The molecule has 4 nitrogen and oxygen atoms in total. The molecule has 2 rings (SSSR count). The van der Waals surface area contributed by atoms with E-state index in [1.54, 1.807) is 17.8 Å². The van der Waals surface area contributed by atoms with Gasteiger partial charge in [0.1, 0.15) is 4.88 Å². The lowest BCUT2D eigenvalue weighted by atomic mass is 10.3. The predicted molar refractivity (Wildman–Crippen MR) is 73.5 cm³/mol. The van der Waals surface area contributed by atoms with Crippen molar-refractivity contribution < 1.29 is 9.90 Å². The smallest absolute Gasteiger partial charge is 0.345 e. The summed E-state index contributed by atoms with van der Waals surface area (Å²) in [4.78, 5) is 12.4. The molecule has 0 aliphatic carbocycles. The van der Waals surface area contributed by atoms with Gasteiger partial charge in [0.05, 0.1) is 10.7 Å². The van der Waals surface area contributed by atoms with Crippen molar-refractivity contribution in [1.29, 1.82) is 0 Å². The lowest BCUT2D eigenvalue weighted by Gasteiger charge is -2.01. The van der Waals surface area contributed by atoms with Crippen LogP contribution in [-0.4, -0.2) is 20.9 Å². The molecule has 0 radical (unpaired) electrons. The normalized spacial score (nSPS) is 10.8. The molecule has 6 heteroatoms. The third-order valence-electron chi connectivity index (χ3n) is 2.57. The average molecular weight is 282 g/mol. The maximum absolute atomic E-state index is 10.9. The number of hydrogen-bond acceptors (Lipinski definition) is 4. The minimum Gasteiger partial charge on any atom is -0.477 e. The Morgan fingerprint density at radius 1 is 1.50 bits per heavy atom. The van der Waals surface area contributed by atoms with Gasteiger partial charge in [-0.3, -0.25) is 4.68 Å². The third-order valence-corrected chi connectivity index (χ3v) is 4.78. The summed E-state index contributed by atoms with van der Waals surface area (Å²) in [6, 6.07) is 3.79. The van der Waals surface area contributed by atoms with Crippen LogP contribution in [0.1, 0.15) is 25.8 Å². The summed E-state index contributed by atoms with van der Waals surface area (Å²) in [5, 5.41) is 14.3. The van der Waals surface area contributed by atoms with E-state index >= 15 is 0 Å². The van der Waals surface area contributed by atoms with Gasteiger partial charge in [0, 0.05) is 17.7 Å². The van der Waals surface area contributed by atoms with Gasteiger partial charge in [-0.2, -0.15) is 5.10 Å². The summed E-state index contributed by atoms with van der Waals surface area (Å²) in [5.41, 5.74) is 2.08. The van der Waals surface area contributed by atoms with Crippen LogP contribution in [0.15, 0.2) is 17.2 Å². The highest BCUT2D eigenvalue weighted by molar-refractivity contribution is 7.98. The first-order chi connectivity index (χ1) is 8.47. The zero-order valence-corrected chi connectivity index (χ0v) is 12.1. The lowest BCUT2D eigenvalue weighted by Crippen LogP contribution is -1.93. The Bertz CT molecular complexity index is 587. The topological polar surface area (TPSA) is 55.1 Å². The molecule has 0 aliphatic rings. The number of hydrogen-bond donors (Lipinski definition) is 1. The standard InChI is InChI=1S/C12H14N2O2S2/c1-7-4-11(14(3)13-7)17-6-9-5-10(12(15)16)18-8(9)2/h4-5H,6H2,1-3H3,(H,15,16). The van der Waals surface area contributed by atoms with Crippen LogP contribution in [0.3, 0.4) is 0 Å². The number of aromatic carboxylic acids is 1. The van der Waals surface area contributed by atoms with Gasteiger partial charge in [0.15, 0.2) is 0 Å². The van der Waals surface area contributed by atoms with Gasteiger partial charge in [-0.1, -0.05) is 0 Å². The molecule has 2 heterocycles. The van der Waals surface area contributed by atoms with Gasteiger partial charge in [-0.05, 0) is 31.5 Å². The molecule has 0 saturated carbocycles. The Morgan fingerprint density at radius 2 is 2.22 bits per heavy atom. The second-order valence-electron chi connectivity index (χ2n) is 4.03. The van der Waals surface area contributed by atoms with Crippen LogP contribution < -0.4 is 0 Å². The van der Waals surface area contributed by atoms with E-state index in [0.717, 1.165) is 26.9 Å². The van der Waals surface area contributed by atoms with E-state index < -0.39 is 5.97 Å². The van der Waals surface area contributed by atoms with Gasteiger partial charge >= 0.3 is 5.97 Å². The lowest BCUT2D eigenvalue weighted by molar-refractivity contribution is 0.0702. The van der Waals surface area contributed by atoms with Crippen molar-refractivity contribution in [1.82, 2.24) is 9.78 Å². The predicted octanol–water partition coefficient (Wildman–Crippen LogP) is 3.09. The molecule has 0 saturated heterocycles. The molecule has 2 aromatic rings. The van der Waals surface area contributed by atoms with Crippen molar-refractivity contribution in [2.45, 2.75) is 24.6 Å².